The quantitative estimate of drug-likeness (QED) is 0.853. The molecule has 1 aliphatic rings. The number of aromatic nitrogens is 1. The molecule has 1 fully saturated rings. The highest BCUT2D eigenvalue weighted by molar-refractivity contribution is 7.91. The van der Waals surface area contributed by atoms with Gasteiger partial charge < -0.3 is 10.6 Å². The molecular weight excluding hydrogens is 290 g/mol. The largest absolute Gasteiger partial charge is 0.369 e. The molecule has 0 aromatic carbocycles. The summed E-state index contributed by atoms with van der Waals surface area (Å²) >= 11 is 0. The van der Waals surface area contributed by atoms with Crippen molar-refractivity contribution < 1.29 is 13.2 Å². The lowest BCUT2D eigenvalue weighted by molar-refractivity contribution is 0.0939. The molecule has 1 amide bonds. The lowest BCUT2D eigenvalue weighted by atomic mass is 10.1. The first kappa shape index (κ1) is 15.8. The molecule has 2 heterocycles. The highest BCUT2D eigenvalue weighted by atomic mass is 32.2. The minimum absolute atomic E-state index is 0.0245. The predicted molar refractivity (Wildman–Crippen MR) is 82.2 cm³/mol. The monoisotopic (exact) mass is 311 g/mol. The molecule has 0 aliphatic carbocycles. The number of hydrogen-bond donors (Lipinski definition) is 2. The van der Waals surface area contributed by atoms with Crippen LogP contribution in [0.5, 0.6) is 0 Å². The Morgan fingerprint density at radius 2 is 2.29 bits per heavy atom. The van der Waals surface area contributed by atoms with Crippen molar-refractivity contribution in [1.29, 1.82) is 0 Å². The number of nitrogens with zero attached hydrogens (tertiary/aromatic N) is 1. The number of carbonyl (C=O) groups excluding carboxylic acids is 1. The Bertz CT molecular complexity index is 601. The molecule has 0 radical (unpaired) electrons. The van der Waals surface area contributed by atoms with Crippen LogP contribution in [0.1, 0.15) is 36.5 Å². The second-order valence-electron chi connectivity index (χ2n) is 5.25. The second kappa shape index (κ2) is 6.89. The Kier molecular flexibility index (Phi) is 5.17. The Morgan fingerprint density at radius 3 is 3.00 bits per heavy atom. The van der Waals surface area contributed by atoms with E-state index in [0.29, 0.717) is 24.2 Å². The SMILES string of the molecule is CCCNc1ncccc1C(=O)NC1CCCS(=O)(=O)C1. The first-order chi connectivity index (χ1) is 10.0. The smallest absolute Gasteiger partial charge is 0.255 e. The molecule has 21 heavy (non-hydrogen) atoms. The van der Waals surface area contributed by atoms with Gasteiger partial charge in [-0.25, -0.2) is 13.4 Å². The van der Waals surface area contributed by atoms with Crippen molar-refractivity contribution in [3.8, 4) is 0 Å². The number of sulfone groups is 1. The molecule has 2 rings (SSSR count). The summed E-state index contributed by atoms with van der Waals surface area (Å²) < 4.78 is 23.2. The summed E-state index contributed by atoms with van der Waals surface area (Å²) in [7, 11) is -3.03. The van der Waals surface area contributed by atoms with Crippen molar-refractivity contribution in [2.75, 3.05) is 23.4 Å². The first-order valence-electron chi connectivity index (χ1n) is 7.22. The predicted octanol–water partition coefficient (Wildman–Crippen LogP) is 1.21. The standard InChI is InChI=1S/C14H21N3O3S/c1-2-7-15-13-12(6-3-8-16-13)14(18)17-11-5-4-9-21(19,20)10-11/h3,6,8,11H,2,4-5,7,9-10H2,1H3,(H,15,16)(H,17,18). The van der Waals surface area contributed by atoms with Gasteiger partial charge in [-0.2, -0.15) is 0 Å². The molecule has 0 bridgehead atoms. The molecule has 1 saturated heterocycles. The minimum atomic E-state index is -3.03. The molecule has 0 saturated carbocycles. The van der Waals surface area contributed by atoms with Crippen LogP contribution in [0.15, 0.2) is 18.3 Å². The van der Waals surface area contributed by atoms with E-state index in [0.717, 1.165) is 13.0 Å². The van der Waals surface area contributed by atoms with Gasteiger partial charge in [-0.3, -0.25) is 4.79 Å². The maximum absolute atomic E-state index is 12.3. The van der Waals surface area contributed by atoms with Crippen LogP contribution < -0.4 is 10.6 Å². The summed E-state index contributed by atoms with van der Waals surface area (Å²) in [6.07, 6.45) is 3.85. The van der Waals surface area contributed by atoms with E-state index in [1.54, 1.807) is 18.3 Å². The number of hydrogen-bond acceptors (Lipinski definition) is 5. The van der Waals surface area contributed by atoms with Crippen molar-refractivity contribution in [3.63, 3.8) is 0 Å². The van der Waals surface area contributed by atoms with E-state index in [9.17, 15) is 13.2 Å². The fourth-order valence-corrected chi connectivity index (χ4v) is 4.01. The van der Waals surface area contributed by atoms with Crippen LogP contribution in [0, 0.1) is 0 Å². The van der Waals surface area contributed by atoms with Crippen molar-refractivity contribution in [1.82, 2.24) is 10.3 Å². The molecule has 1 aromatic heterocycles. The number of amides is 1. The van der Waals surface area contributed by atoms with Gasteiger partial charge in [0.1, 0.15) is 5.82 Å². The molecule has 1 aromatic rings. The van der Waals surface area contributed by atoms with Gasteiger partial charge in [0.25, 0.3) is 5.91 Å². The van der Waals surface area contributed by atoms with E-state index in [2.05, 4.69) is 15.6 Å². The average molecular weight is 311 g/mol. The van der Waals surface area contributed by atoms with E-state index in [4.69, 9.17) is 0 Å². The summed E-state index contributed by atoms with van der Waals surface area (Å²) in [4.78, 5) is 16.5. The van der Waals surface area contributed by atoms with Gasteiger partial charge in [-0.15, -0.1) is 0 Å². The van der Waals surface area contributed by atoms with E-state index in [1.807, 2.05) is 6.92 Å². The van der Waals surface area contributed by atoms with Crippen LogP contribution in [0.3, 0.4) is 0 Å². The number of pyridine rings is 1. The van der Waals surface area contributed by atoms with E-state index in [-0.39, 0.29) is 23.5 Å². The number of nitrogens with one attached hydrogen (secondary N) is 2. The normalized spacial score (nSPS) is 20.7. The zero-order valence-corrected chi connectivity index (χ0v) is 12.9. The van der Waals surface area contributed by atoms with Crippen LogP contribution in [0.2, 0.25) is 0 Å². The van der Waals surface area contributed by atoms with Crippen molar-refractivity contribution in [2.24, 2.45) is 0 Å². The minimum Gasteiger partial charge on any atom is -0.369 e. The lowest BCUT2D eigenvalue weighted by Crippen LogP contribution is -2.43. The summed E-state index contributed by atoms with van der Waals surface area (Å²) in [5, 5.41) is 5.92. The lowest BCUT2D eigenvalue weighted by Gasteiger charge is -2.23. The Morgan fingerprint density at radius 1 is 1.48 bits per heavy atom. The summed E-state index contributed by atoms with van der Waals surface area (Å²) in [5.41, 5.74) is 0.453. The van der Waals surface area contributed by atoms with Gasteiger partial charge in [0.15, 0.2) is 9.84 Å². The molecule has 0 spiro atoms. The topological polar surface area (TPSA) is 88.2 Å². The van der Waals surface area contributed by atoms with Gasteiger partial charge >= 0.3 is 0 Å². The van der Waals surface area contributed by atoms with Crippen molar-refractivity contribution in [3.05, 3.63) is 23.9 Å². The molecule has 1 aliphatic heterocycles. The fraction of sp³-hybridized carbons (Fsp3) is 0.571. The van der Waals surface area contributed by atoms with Gasteiger partial charge in [0.2, 0.25) is 0 Å². The summed E-state index contributed by atoms with van der Waals surface area (Å²) in [6.45, 7) is 2.76. The zero-order chi connectivity index (χ0) is 15.3. The third-order valence-electron chi connectivity index (χ3n) is 3.39. The van der Waals surface area contributed by atoms with Gasteiger partial charge in [0, 0.05) is 18.8 Å². The first-order valence-corrected chi connectivity index (χ1v) is 9.04. The third kappa shape index (κ3) is 4.42. The number of anilines is 1. The van der Waals surface area contributed by atoms with Crippen LogP contribution in [-0.2, 0) is 9.84 Å². The third-order valence-corrected chi connectivity index (χ3v) is 5.21. The maximum atomic E-state index is 12.3. The molecular formula is C14H21N3O3S. The molecule has 6 nitrogen and oxygen atoms in total. The number of rotatable bonds is 5. The molecule has 116 valence electrons. The summed E-state index contributed by atoms with van der Waals surface area (Å²) in [5.74, 6) is 0.506. The van der Waals surface area contributed by atoms with Crippen molar-refractivity contribution >= 4 is 21.6 Å². The molecule has 2 N–H and O–H groups in total. The Balaban J connectivity index is 2.06. The number of carbonyl (C=O) groups is 1. The van der Waals surface area contributed by atoms with E-state index < -0.39 is 9.84 Å². The fourth-order valence-electron chi connectivity index (χ4n) is 2.37. The van der Waals surface area contributed by atoms with Crippen LogP contribution in [0.4, 0.5) is 5.82 Å². The molecule has 7 heteroatoms. The molecule has 1 atom stereocenters. The maximum Gasteiger partial charge on any atom is 0.255 e. The van der Waals surface area contributed by atoms with Crippen LogP contribution in [-0.4, -0.2) is 43.4 Å². The van der Waals surface area contributed by atoms with Gasteiger partial charge in [-0.05, 0) is 31.4 Å². The molecule has 1 unspecified atom stereocenters. The summed E-state index contributed by atoms with van der Waals surface area (Å²) in [6, 6.07) is 3.08. The average Bonchev–Trinajstić information content (AvgIpc) is 2.44. The Hall–Kier alpha value is -1.63. The highest BCUT2D eigenvalue weighted by Gasteiger charge is 2.26. The second-order valence-corrected chi connectivity index (χ2v) is 7.48. The zero-order valence-electron chi connectivity index (χ0n) is 12.1. The van der Waals surface area contributed by atoms with Crippen molar-refractivity contribution in [2.45, 2.75) is 32.2 Å². The highest BCUT2D eigenvalue weighted by Crippen LogP contribution is 2.15. The van der Waals surface area contributed by atoms with E-state index >= 15 is 0 Å². The van der Waals surface area contributed by atoms with Gasteiger partial charge in [0.05, 0.1) is 17.1 Å². The van der Waals surface area contributed by atoms with E-state index in [1.165, 1.54) is 0 Å². The Labute approximate surface area is 125 Å². The van der Waals surface area contributed by atoms with Crippen LogP contribution >= 0.6 is 0 Å². The van der Waals surface area contributed by atoms with Crippen LogP contribution in [0.25, 0.3) is 0 Å². The van der Waals surface area contributed by atoms with Gasteiger partial charge in [-0.1, -0.05) is 6.92 Å².